The van der Waals surface area contributed by atoms with Gasteiger partial charge in [0.05, 0.1) is 6.10 Å². The van der Waals surface area contributed by atoms with Crippen molar-refractivity contribution in [3.8, 4) is 0 Å². The van der Waals surface area contributed by atoms with Crippen molar-refractivity contribution >= 4 is 5.82 Å². The van der Waals surface area contributed by atoms with Gasteiger partial charge >= 0.3 is 5.69 Å². The van der Waals surface area contributed by atoms with Gasteiger partial charge in [0, 0.05) is 13.3 Å². The van der Waals surface area contributed by atoms with E-state index in [-0.39, 0.29) is 5.82 Å². The second-order valence-electron chi connectivity index (χ2n) is 3.14. The van der Waals surface area contributed by atoms with Gasteiger partial charge in [0.2, 0.25) is 0 Å². The highest BCUT2D eigenvalue weighted by Crippen LogP contribution is 2.12. The molecule has 0 spiro atoms. The van der Waals surface area contributed by atoms with Crippen LogP contribution in [-0.4, -0.2) is 27.9 Å². The first-order valence-corrected chi connectivity index (χ1v) is 4.65. The minimum atomic E-state index is -0.752. The Bertz CT molecular complexity index is 377. The molecule has 0 aliphatic heterocycles. The summed E-state index contributed by atoms with van der Waals surface area (Å²) >= 11 is 0. The Morgan fingerprint density at radius 1 is 1.73 bits per heavy atom. The second kappa shape index (κ2) is 4.90. The van der Waals surface area contributed by atoms with Gasteiger partial charge in [-0.05, 0) is 12.5 Å². The van der Waals surface area contributed by atoms with E-state index in [4.69, 9.17) is 10.5 Å². The fourth-order valence-corrected chi connectivity index (χ4v) is 1.28. The molecule has 0 aliphatic rings. The molecule has 1 aromatic rings. The number of aliphatic hydroxyl groups is 1. The van der Waals surface area contributed by atoms with Gasteiger partial charge in [0.15, 0.2) is 6.23 Å². The van der Waals surface area contributed by atoms with Gasteiger partial charge in [0.1, 0.15) is 5.82 Å². The number of methoxy groups -OCH3 is 1. The van der Waals surface area contributed by atoms with Crippen LogP contribution in [0.15, 0.2) is 17.1 Å². The van der Waals surface area contributed by atoms with Gasteiger partial charge in [0.25, 0.3) is 0 Å². The number of nitrogen functional groups attached to an aromatic ring is 1. The van der Waals surface area contributed by atoms with Gasteiger partial charge in [-0.3, -0.25) is 4.57 Å². The van der Waals surface area contributed by atoms with Crippen LogP contribution in [0.1, 0.15) is 19.6 Å². The fraction of sp³-hybridized carbons (Fsp3) is 0.556. The number of nitrogens with two attached hydrogens (primary N) is 1. The largest absolute Gasteiger partial charge is 0.388 e. The Labute approximate surface area is 87.3 Å². The van der Waals surface area contributed by atoms with Crippen molar-refractivity contribution in [2.24, 2.45) is 0 Å². The smallest absolute Gasteiger partial charge is 0.351 e. The van der Waals surface area contributed by atoms with E-state index in [1.807, 2.05) is 0 Å². The van der Waals surface area contributed by atoms with Crippen molar-refractivity contribution < 1.29 is 9.84 Å². The van der Waals surface area contributed by atoms with Crippen LogP contribution < -0.4 is 11.4 Å². The molecule has 0 saturated heterocycles. The molecular formula is C9H15N3O3. The summed E-state index contributed by atoms with van der Waals surface area (Å²) in [4.78, 5) is 15.0. The van der Waals surface area contributed by atoms with Crippen LogP contribution >= 0.6 is 0 Å². The van der Waals surface area contributed by atoms with E-state index in [0.717, 1.165) is 0 Å². The van der Waals surface area contributed by atoms with Crippen molar-refractivity contribution in [2.75, 3.05) is 12.8 Å². The summed E-state index contributed by atoms with van der Waals surface area (Å²) in [5.41, 5.74) is 4.82. The lowest BCUT2D eigenvalue weighted by Gasteiger charge is -2.22. The highest BCUT2D eigenvalue weighted by molar-refractivity contribution is 5.23. The topological polar surface area (TPSA) is 90.4 Å². The number of hydrogen-bond donors (Lipinski definition) is 2. The third-order valence-corrected chi connectivity index (χ3v) is 2.11. The van der Waals surface area contributed by atoms with Crippen molar-refractivity contribution in [1.82, 2.24) is 9.55 Å². The predicted molar refractivity (Wildman–Crippen MR) is 55.3 cm³/mol. The molecule has 0 aromatic carbocycles. The standard InChI is InChI=1S/C9H15N3O3/c1-3-6(13)8(15-2)12-5-4-7(10)11-9(12)14/h4-6,8,13H,3H2,1-2H3,(H2,10,11,14). The molecule has 0 radical (unpaired) electrons. The molecule has 0 bridgehead atoms. The molecule has 6 heteroatoms. The molecule has 6 nitrogen and oxygen atoms in total. The van der Waals surface area contributed by atoms with Crippen LogP contribution in [0.4, 0.5) is 5.82 Å². The Kier molecular flexibility index (Phi) is 3.81. The molecule has 1 aromatic heterocycles. The summed E-state index contributed by atoms with van der Waals surface area (Å²) in [7, 11) is 1.42. The lowest BCUT2D eigenvalue weighted by molar-refractivity contribution is -0.0616. The SMILES string of the molecule is CCC(O)C(OC)n1ccc(N)nc1=O. The van der Waals surface area contributed by atoms with Crippen molar-refractivity contribution in [3.63, 3.8) is 0 Å². The Hall–Kier alpha value is -1.40. The molecule has 3 N–H and O–H groups in total. The molecule has 2 unspecified atom stereocenters. The van der Waals surface area contributed by atoms with E-state index >= 15 is 0 Å². The van der Waals surface area contributed by atoms with Crippen LogP contribution in [0.25, 0.3) is 0 Å². The first kappa shape index (κ1) is 11.7. The maximum absolute atomic E-state index is 11.4. The molecule has 0 fully saturated rings. The zero-order chi connectivity index (χ0) is 11.4. The molecular weight excluding hydrogens is 198 g/mol. The van der Waals surface area contributed by atoms with Crippen LogP contribution in [0.2, 0.25) is 0 Å². The summed E-state index contributed by atoms with van der Waals surface area (Å²) in [5.74, 6) is 0.150. The number of anilines is 1. The van der Waals surface area contributed by atoms with E-state index in [2.05, 4.69) is 4.98 Å². The normalized spacial score (nSPS) is 14.9. The number of aromatic nitrogens is 2. The molecule has 1 heterocycles. The summed E-state index contributed by atoms with van der Waals surface area (Å²) in [6.07, 6.45) is 0.460. The third kappa shape index (κ3) is 2.54. The number of aliphatic hydroxyl groups excluding tert-OH is 1. The molecule has 0 amide bonds. The average molecular weight is 213 g/mol. The van der Waals surface area contributed by atoms with E-state index < -0.39 is 18.0 Å². The van der Waals surface area contributed by atoms with Crippen molar-refractivity contribution in [3.05, 3.63) is 22.7 Å². The van der Waals surface area contributed by atoms with Gasteiger partial charge in [-0.15, -0.1) is 0 Å². The molecule has 2 atom stereocenters. The Balaban J connectivity index is 3.07. The van der Waals surface area contributed by atoms with Crippen molar-refractivity contribution in [2.45, 2.75) is 25.7 Å². The highest BCUT2D eigenvalue weighted by atomic mass is 16.5. The molecule has 0 aliphatic carbocycles. The monoisotopic (exact) mass is 213 g/mol. The van der Waals surface area contributed by atoms with E-state index in [0.29, 0.717) is 6.42 Å². The summed E-state index contributed by atoms with van der Waals surface area (Å²) in [6.45, 7) is 1.80. The maximum Gasteiger partial charge on any atom is 0.351 e. The minimum absolute atomic E-state index is 0.150. The van der Waals surface area contributed by atoms with Gasteiger partial charge in [-0.25, -0.2) is 4.79 Å². The fourth-order valence-electron chi connectivity index (χ4n) is 1.28. The first-order valence-electron chi connectivity index (χ1n) is 4.65. The number of nitrogens with zero attached hydrogens (tertiary/aromatic N) is 2. The first-order chi connectivity index (χ1) is 7.10. The molecule has 15 heavy (non-hydrogen) atoms. The summed E-state index contributed by atoms with van der Waals surface area (Å²) < 4.78 is 6.25. The van der Waals surface area contributed by atoms with E-state index in [1.165, 1.54) is 23.9 Å². The summed E-state index contributed by atoms with van der Waals surface area (Å²) in [5, 5.41) is 9.62. The van der Waals surface area contributed by atoms with Crippen molar-refractivity contribution in [1.29, 1.82) is 0 Å². The Morgan fingerprint density at radius 3 is 2.87 bits per heavy atom. The average Bonchev–Trinajstić information content (AvgIpc) is 2.21. The van der Waals surface area contributed by atoms with Gasteiger partial charge in [-0.1, -0.05) is 6.92 Å². The van der Waals surface area contributed by atoms with Crippen LogP contribution in [0.3, 0.4) is 0 Å². The zero-order valence-electron chi connectivity index (χ0n) is 8.75. The number of ether oxygens (including phenoxy) is 1. The Morgan fingerprint density at radius 2 is 2.40 bits per heavy atom. The van der Waals surface area contributed by atoms with Gasteiger partial charge < -0.3 is 15.6 Å². The maximum atomic E-state index is 11.4. The minimum Gasteiger partial charge on any atom is -0.388 e. The second-order valence-corrected chi connectivity index (χ2v) is 3.14. The van der Waals surface area contributed by atoms with E-state index in [9.17, 15) is 9.90 Å². The van der Waals surface area contributed by atoms with Crippen LogP contribution in [0, 0.1) is 0 Å². The van der Waals surface area contributed by atoms with E-state index in [1.54, 1.807) is 6.92 Å². The van der Waals surface area contributed by atoms with Crippen LogP contribution in [-0.2, 0) is 4.74 Å². The molecule has 1 rings (SSSR count). The predicted octanol–water partition coefficient (Wildman–Crippen LogP) is -0.259. The highest BCUT2D eigenvalue weighted by Gasteiger charge is 2.19. The summed E-state index contributed by atoms with van der Waals surface area (Å²) in [6, 6.07) is 1.48. The lowest BCUT2D eigenvalue weighted by Crippen LogP contribution is -2.34. The van der Waals surface area contributed by atoms with Gasteiger partial charge in [-0.2, -0.15) is 4.98 Å². The molecule has 0 saturated carbocycles. The molecule has 84 valence electrons. The van der Waals surface area contributed by atoms with Crippen LogP contribution in [0.5, 0.6) is 0 Å². The zero-order valence-corrected chi connectivity index (χ0v) is 8.75. The lowest BCUT2D eigenvalue weighted by atomic mass is 10.2. The third-order valence-electron chi connectivity index (χ3n) is 2.11. The quantitative estimate of drug-likeness (QED) is 0.719. The number of rotatable bonds is 4. The number of hydrogen-bond acceptors (Lipinski definition) is 5.